The van der Waals surface area contributed by atoms with Crippen LogP contribution in [0.15, 0.2) is 40.9 Å². The number of nitrogens with two attached hydrogens (primary N) is 1. The number of amides is 1. The molecule has 0 spiro atoms. The van der Waals surface area contributed by atoms with E-state index in [2.05, 4.69) is 21.4 Å². The third kappa shape index (κ3) is 4.37. The molecule has 0 aliphatic heterocycles. The molecule has 0 aliphatic carbocycles. The normalized spacial score (nSPS) is 10.3. The Bertz CT molecular complexity index is 710. The average molecular weight is 400 g/mol. The largest absolute Gasteiger partial charge is 0.490 e. The van der Waals surface area contributed by atoms with Gasteiger partial charge in [-0.05, 0) is 41.1 Å². The molecule has 0 saturated heterocycles. The molecule has 5 nitrogen and oxygen atoms in total. The lowest BCUT2D eigenvalue weighted by Gasteiger charge is -2.15. The van der Waals surface area contributed by atoms with Gasteiger partial charge in [-0.2, -0.15) is 0 Å². The fraction of sp³-hybridized carbons (Fsp3) is 0.188. The van der Waals surface area contributed by atoms with Gasteiger partial charge in [0.05, 0.1) is 11.1 Å². The van der Waals surface area contributed by atoms with E-state index in [1.807, 2.05) is 25.1 Å². The summed E-state index contributed by atoms with van der Waals surface area (Å²) in [4.78, 5) is 11.7. The number of nitrogen functional groups attached to an aromatic ring is 1. The fourth-order valence-electron chi connectivity index (χ4n) is 1.95. The molecule has 122 valence electrons. The Kier molecular flexibility index (Phi) is 6.27. The molecular weight excluding hydrogens is 384 g/mol. The van der Waals surface area contributed by atoms with E-state index in [1.54, 1.807) is 18.2 Å². The zero-order chi connectivity index (χ0) is 16.8. The van der Waals surface area contributed by atoms with E-state index in [1.165, 1.54) is 0 Å². The van der Waals surface area contributed by atoms with Gasteiger partial charge in [0.2, 0.25) is 0 Å². The van der Waals surface area contributed by atoms with Crippen LogP contribution in [0.5, 0.6) is 11.5 Å². The predicted molar refractivity (Wildman–Crippen MR) is 92.7 cm³/mol. The van der Waals surface area contributed by atoms with Gasteiger partial charge in [-0.25, -0.2) is 5.84 Å². The molecule has 0 saturated carbocycles. The number of hydrogen-bond donors (Lipinski definition) is 2. The molecule has 0 unspecified atom stereocenters. The number of carbonyl (C=O) groups is 1. The quantitative estimate of drug-likeness (QED) is 0.441. The van der Waals surface area contributed by atoms with Crippen molar-refractivity contribution in [3.63, 3.8) is 0 Å². The third-order valence-corrected chi connectivity index (χ3v) is 3.99. The van der Waals surface area contributed by atoms with E-state index in [-0.39, 0.29) is 6.61 Å². The van der Waals surface area contributed by atoms with Crippen molar-refractivity contribution in [2.75, 3.05) is 6.61 Å². The van der Waals surface area contributed by atoms with Crippen LogP contribution in [0.4, 0.5) is 0 Å². The first-order valence-corrected chi connectivity index (χ1v) is 8.07. The second-order valence-corrected chi connectivity index (χ2v) is 5.83. The summed E-state index contributed by atoms with van der Waals surface area (Å²) in [6.07, 6.45) is 0. The summed E-state index contributed by atoms with van der Waals surface area (Å²) in [5, 5.41) is 0.626. The number of halogens is 2. The lowest BCUT2D eigenvalue weighted by Crippen LogP contribution is -2.30. The second kappa shape index (κ2) is 8.19. The summed E-state index contributed by atoms with van der Waals surface area (Å²) >= 11 is 9.53. The fourth-order valence-corrected chi connectivity index (χ4v) is 2.70. The molecular formula is C16H16BrClN2O3. The molecule has 0 bridgehead atoms. The molecule has 0 aliphatic rings. The van der Waals surface area contributed by atoms with E-state index >= 15 is 0 Å². The molecule has 7 heteroatoms. The molecule has 23 heavy (non-hydrogen) atoms. The van der Waals surface area contributed by atoms with Crippen LogP contribution in [-0.4, -0.2) is 12.5 Å². The molecule has 2 rings (SSSR count). The predicted octanol–water partition coefficient (Wildman–Crippen LogP) is 3.68. The molecule has 0 fully saturated rings. The Balaban J connectivity index is 2.29. The van der Waals surface area contributed by atoms with Gasteiger partial charge < -0.3 is 9.47 Å². The number of nitrogens with one attached hydrogen (secondary N) is 1. The van der Waals surface area contributed by atoms with Gasteiger partial charge in [0.15, 0.2) is 11.5 Å². The van der Waals surface area contributed by atoms with E-state index in [4.69, 9.17) is 26.9 Å². The number of hydrazine groups is 1. The van der Waals surface area contributed by atoms with Crippen LogP contribution in [0, 0.1) is 0 Å². The monoisotopic (exact) mass is 398 g/mol. The SMILES string of the molecule is CCOc1cc(C(=O)NN)cc(Br)c1OCc1ccccc1Cl. The van der Waals surface area contributed by atoms with Crippen LogP contribution >= 0.6 is 27.5 Å². The zero-order valence-electron chi connectivity index (χ0n) is 12.4. The zero-order valence-corrected chi connectivity index (χ0v) is 14.8. The lowest BCUT2D eigenvalue weighted by atomic mass is 10.2. The van der Waals surface area contributed by atoms with Crippen LogP contribution in [-0.2, 0) is 6.61 Å². The number of benzene rings is 2. The summed E-state index contributed by atoms with van der Waals surface area (Å²) in [5.74, 6) is 5.71. The average Bonchev–Trinajstić information content (AvgIpc) is 2.55. The van der Waals surface area contributed by atoms with Crippen molar-refractivity contribution in [3.05, 3.63) is 57.0 Å². The molecule has 3 N–H and O–H groups in total. The Morgan fingerprint density at radius 2 is 2.04 bits per heavy atom. The molecule has 0 atom stereocenters. The summed E-state index contributed by atoms with van der Waals surface area (Å²) < 4.78 is 12.0. The molecule has 2 aromatic carbocycles. The van der Waals surface area contributed by atoms with Gasteiger partial charge in [0, 0.05) is 16.1 Å². The summed E-state index contributed by atoms with van der Waals surface area (Å²) in [6.45, 7) is 2.56. The number of hydrogen-bond acceptors (Lipinski definition) is 4. The maximum atomic E-state index is 11.7. The van der Waals surface area contributed by atoms with E-state index in [0.717, 1.165) is 5.56 Å². The Morgan fingerprint density at radius 3 is 2.70 bits per heavy atom. The van der Waals surface area contributed by atoms with Gasteiger partial charge in [-0.1, -0.05) is 29.8 Å². The first-order valence-electron chi connectivity index (χ1n) is 6.90. The molecule has 0 heterocycles. The topological polar surface area (TPSA) is 73.6 Å². The Hall–Kier alpha value is -1.76. The third-order valence-electron chi connectivity index (χ3n) is 3.03. The van der Waals surface area contributed by atoms with Crippen molar-refractivity contribution >= 4 is 33.4 Å². The van der Waals surface area contributed by atoms with Crippen molar-refractivity contribution in [1.82, 2.24) is 5.43 Å². The highest BCUT2D eigenvalue weighted by Crippen LogP contribution is 2.37. The van der Waals surface area contributed by atoms with Gasteiger partial charge in [-0.3, -0.25) is 10.2 Å². The highest BCUT2D eigenvalue weighted by atomic mass is 79.9. The van der Waals surface area contributed by atoms with Gasteiger partial charge in [-0.15, -0.1) is 0 Å². The molecule has 0 radical (unpaired) electrons. The second-order valence-electron chi connectivity index (χ2n) is 4.57. The van der Waals surface area contributed by atoms with E-state index < -0.39 is 5.91 Å². The first kappa shape index (κ1) is 17.6. The van der Waals surface area contributed by atoms with Crippen LogP contribution < -0.4 is 20.7 Å². The minimum Gasteiger partial charge on any atom is -0.490 e. The van der Waals surface area contributed by atoms with Crippen molar-refractivity contribution in [1.29, 1.82) is 0 Å². The standard InChI is InChI=1S/C16H16BrClN2O3/c1-2-22-14-8-11(16(21)20-19)7-12(17)15(14)23-9-10-5-3-4-6-13(10)18/h3-8H,2,9,19H2,1H3,(H,20,21). The lowest BCUT2D eigenvalue weighted by molar-refractivity contribution is 0.0953. The molecule has 0 aromatic heterocycles. The van der Waals surface area contributed by atoms with Crippen molar-refractivity contribution in [3.8, 4) is 11.5 Å². The summed E-state index contributed by atoms with van der Waals surface area (Å²) in [5.41, 5.74) is 3.31. The first-order chi connectivity index (χ1) is 11.1. The summed E-state index contributed by atoms with van der Waals surface area (Å²) in [6, 6.07) is 10.6. The minimum absolute atomic E-state index is 0.279. The minimum atomic E-state index is -0.413. The van der Waals surface area contributed by atoms with Gasteiger partial charge in [0.25, 0.3) is 5.91 Å². The maximum Gasteiger partial charge on any atom is 0.265 e. The smallest absolute Gasteiger partial charge is 0.265 e. The van der Waals surface area contributed by atoms with Crippen molar-refractivity contribution in [2.45, 2.75) is 13.5 Å². The van der Waals surface area contributed by atoms with Crippen LogP contribution in [0.25, 0.3) is 0 Å². The Labute approximate surface area is 147 Å². The van der Waals surface area contributed by atoms with Gasteiger partial charge in [0.1, 0.15) is 6.61 Å². The molecule has 2 aromatic rings. The summed E-state index contributed by atoms with van der Waals surface area (Å²) in [7, 11) is 0. The van der Waals surface area contributed by atoms with Crippen LogP contribution in [0.2, 0.25) is 5.02 Å². The number of ether oxygens (including phenoxy) is 2. The highest BCUT2D eigenvalue weighted by Gasteiger charge is 2.16. The molecule has 1 amide bonds. The van der Waals surface area contributed by atoms with E-state index in [9.17, 15) is 4.79 Å². The van der Waals surface area contributed by atoms with Crippen molar-refractivity contribution < 1.29 is 14.3 Å². The number of rotatable bonds is 6. The maximum absolute atomic E-state index is 11.7. The highest BCUT2D eigenvalue weighted by molar-refractivity contribution is 9.10. The van der Waals surface area contributed by atoms with Gasteiger partial charge >= 0.3 is 0 Å². The number of carbonyl (C=O) groups excluding carboxylic acids is 1. The van der Waals surface area contributed by atoms with Crippen LogP contribution in [0.1, 0.15) is 22.8 Å². The van der Waals surface area contributed by atoms with Crippen molar-refractivity contribution in [2.24, 2.45) is 5.84 Å². The van der Waals surface area contributed by atoms with E-state index in [0.29, 0.717) is 33.2 Å². The Morgan fingerprint density at radius 1 is 1.30 bits per heavy atom. The van der Waals surface area contributed by atoms with Crippen LogP contribution in [0.3, 0.4) is 0 Å².